The average molecular weight is 499 g/mol. The van der Waals surface area contributed by atoms with E-state index in [9.17, 15) is 22.0 Å². The minimum absolute atomic E-state index is 0.130. The molecular formula is C25H39F5O4. The fourth-order valence-corrected chi connectivity index (χ4v) is 3.29. The SMILES string of the molecule is CCCCCCCCCC(COCc1c(F)c(F)c(F)c(F)c1F)OC(OC(C)C)OC(C)C. The van der Waals surface area contributed by atoms with Gasteiger partial charge in [0.1, 0.15) is 0 Å². The molecule has 0 radical (unpaired) electrons. The highest BCUT2D eigenvalue weighted by Gasteiger charge is 2.26. The van der Waals surface area contributed by atoms with E-state index in [-0.39, 0.29) is 18.8 Å². The Balaban J connectivity index is 2.77. The molecule has 1 rings (SSSR count). The second-order valence-electron chi connectivity index (χ2n) is 8.89. The fraction of sp³-hybridized carbons (Fsp3) is 0.760. The van der Waals surface area contributed by atoms with E-state index in [0.29, 0.717) is 6.42 Å². The van der Waals surface area contributed by atoms with Gasteiger partial charge in [0.25, 0.3) is 6.48 Å². The first-order valence-electron chi connectivity index (χ1n) is 12.1. The molecule has 1 aromatic carbocycles. The Morgan fingerprint density at radius 3 is 1.59 bits per heavy atom. The van der Waals surface area contributed by atoms with Gasteiger partial charge in [0.05, 0.1) is 37.1 Å². The molecule has 0 heterocycles. The number of unbranched alkanes of at least 4 members (excludes halogenated alkanes) is 6. The summed E-state index contributed by atoms with van der Waals surface area (Å²) in [6.45, 7) is 7.56. The highest BCUT2D eigenvalue weighted by Crippen LogP contribution is 2.24. The van der Waals surface area contributed by atoms with Gasteiger partial charge in [-0.2, -0.15) is 0 Å². The van der Waals surface area contributed by atoms with Crippen LogP contribution in [0.15, 0.2) is 0 Å². The molecule has 0 aliphatic carbocycles. The third kappa shape index (κ3) is 11.0. The van der Waals surface area contributed by atoms with Gasteiger partial charge in [-0.15, -0.1) is 0 Å². The maximum atomic E-state index is 13.9. The normalized spacial score (nSPS) is 13.0. The smallest absolute Gasteiger partial charge is 0.272 e. The quantitative estimate of drug-likeness (QED) is 0.0688. The zero-order chi connectivity index (χ0) is 25.7. The molecule has 0 aliphatic rings. The van der Waals surface area contributed by atoms with Crippen molar-refractivity contribution in [2.24, 2.45) is 0 Å². The summed E-state index contributed by atoms with van der Waals surface area (Å²) in [5.74, 6) is -9.98. The maximum Gasteiger partial charge on any atom is 0.272 e. The van der Waals surface area contributed by atoms with Crippen LogP contribution in [0.3, 0.4) is 0 Å². The van der Waals surface area contributed by atoms with Gasteiger partial charge in [-0.25, -0.2) is 22.0 Å². The van der Waals surface area contributed by atoms with Crippen LogP contribution in [-0.2, 0) is 25.6 Å². The summed E-state index contributed by atoms with van der Waals surface area (Å²) in [6.07, 6.45) is 7.22. The number of hydrogen-bond acceptors (Lipinski definition) is 4. The molecule has 1 atom stereocenters. The first-order valence-corrected chi connectivity index (χ1v) is 12.1. The van der Waals surface area contributed by atoms with Crippen LogP contribution < -0.4 is 0 Å². The lowest BCUT2D eigenvalue weighted by Crippen LogP contribution is -2.33. The van der Waals surface area contributed by atoms with Gasteiger partial charge in [-0.05, 0) is 34.1 Å². The lowest BCUT2D eigenvalue weighted by molar-refractivity contribution is -0.330. The Morgan fingerprint density at radius 1 is 0.618 bits per heavy atom. The Hall–Kier alpha value is -1.29. The highest BCUT2D eigenvalue weighted by atomic mass is 19.2. The zero-order valence-electron chi connectivity index (χ0n) is 20.9. The van der Waals surface area contributed by atoms with Crippen molar-refractivity contribution in [1.29, 1.82) is 0 Å². The van der Waals surface area contributed by atoms with Crippen molar-refractivity contribution in [3.05, 3.63) is 34.6 Å². The summed E-state index contributed by atoms with van der Waals surface area (Å²) in [7, 11) is 0. The minimum atomic E-state index is -2.20. The summed E-state index contributed by atoms with van der Waals surface area (Å²) in [5.41, 5.74) is -1.01. The fourth-order valence-electron chi connectivity index (χ4n) is 3.29. The van der Waals surface area contributed by atoms with Gasteiger partial charge >= 0.3 is 0 Å². The van der Waals surface area contributed by atoms with Crippen molar-refractivity contribution in [3.63, 3.8) is 0 Å². The van der Waals surface area contributed by atoms with Crippen LogP contribution in [0.5, 0.6) is 0 Å². The number of rotatable bonds is 18. The van der Waals surface area contributed by atoms with E-state index in [1.807, 2.05) is 27.7 Å². The first-order chi connectivity index (χ1) is 16.1. The molecular weight excluding hydrogens is 459 g/mol. The molecule has 9 heteroatoms. The number of benzene rings is 1. The molecule has 198 valence electrons. The van der Waals surface area contributed by atoms with Crippen molar-refractivity contribution in [3.8, 4) is 0 Å². The van der Waals surface area contributed by atoms with Crippen LogP contribution in [0.2, 0.25) is 0 Å². The molecule has 0 saturated heterocycles. The van der Waals surface area contributed by atoms with Gasteiger partial charge in [0.15, 0.2) is 23.3 Å². The molecule has 0 amide bonds. The molecule has 1 aromatic rings. The van der Waals surface area contributed by atoms with Crippen LogP contribution in [0.1, 0.15) is 91.5 Å². The molecule has 0 aromatic heterocycles. The van der Waals surface area contributed by atoms with Gasteiger partial charge in [0, 0.05) is 0 Å². The topological polar surface area (TPSA) is 36.9 Å². The predicted octanol–water partition coefficient (Wildman–Crippen LogP) is 7.56. The second-order valence-corrected chi connectivity index (χ2v) is 8.89. The van der Waals surface area contributed by atoms with E-state index < -0.39 is 53.8 Å². The van der Waals surface area contributed by atoms with Crippen LogP contribution in [0, 0.1) is 29.1 Å². The van der Waals surface area contributed by atoms with Gasteiger partial charge in [-0.3, -0.25) is 0 Å². The Labute approximate surface area is 200 Å². The summed E-state index contributed by atoms with van der Waals surface area (Å²) < 4.78 is 90.6. The Kier molecular flexibility index (Phi) is 14.8. The van der Waals surface area contributed by atoms with E-state index in [1.54, 1.807) is 0 Å². The average Bonchev–Trinajstić information content (AvgIpc) is 2.76. The number of halogens is 5. The molecule has 0 N–H and O–H groups in total. The number of ether oxygens (including phenoxy) is 4. The van der Waals surface area contributed by atoms with Crippen molar-refractivity contribution in [2.75, 3.05) is 6.61 Å². The van der Waals surface area contributed by atoms with Crippen molar-refractivity contribution >= 4 is 0 Å². The van der Waals surface area contributed by atoms with E-state index >= 15 is 0 Å². The van der Waals surface area contributed by atoms with Gasteiger partial charge in [-0.1, -0.05) is 51.9 Å². The van der Waals surface area contributed by atoms with E-state index in [4.69, 9.17) is 18.9 Å². The Morgan fingerprint density at radius 2 is 1.09 bits per heavy atom. The molecule has 34 heavy (non-hydrogen) atoms. The predicted molar refractivity (Wildman–Crippen MR) is 120 cm³/mol. The summed E-state index contributed by atoms with van der Waals surface area (Å²) in [5, 5.41) is 0. The van der Waals surface area contributed by atoms with Crippen molar-refractivity contribution < 1.29 is 40.9 Å². The molecule has 0 bridgehead atoms. The largest absolute Gasteiger partial charge is 0.374 e. The molecule has 0 aliphatic heterocycles. The summed E-state index contributed by atoms with van der Waals surface area (Å²) in [4.78, 5) is 0. The zero-order valence-corrected chi connectivity index (χ0v) is 20.9. The van der Waals surface area contributed by atoms with Crippen molar-refractivity contribution in [1.82, 2.24) is 0 Å². The van der Waals surface area contributed by atoms with Crippen LogP contribution in [-0.4, -0.2) is 31.4 Å². The van der Waals surface area contributed by atoms with Gasteiger partial charge in [0.2, 0.25) is 5.82 Å². The van der Waals surface area contributed by atoms with Gasteiger partial charge < -0.3 is 18.9 Å². The Bertz CT molecular complexity index is 676. The third-order valence-corrected chi connectivity index (χ3v) is 5.05. The van der Waals surface area contributed by atoms with Crippen molar-refractivity contribution in [2.45, 2.75) is 117 Å². The number of hydrogen-bond donors (Lipinski definition) is 0. The maximum absolute atomic E-state index is 13.9. The van der Waals surface area contributed by atoms with Crippen LogP contribution >= 0.6 is 0 Å². The monoisotopic (exact) mass is 498 g/mol. The lowest BCUT2D eigenvalue weighted by Gasteiger charge is -2.27. The molecule has 4 nitrogen and oxygen atoms in total. The van der Waals surface area contributed by atoms with E-state index in [2.05, 4.69) is 6.92 Å². The molecule has 0 saturated carbocycles. The third-order valence-electron chi connectivity index (χ3n) is 5.05. The van der Waals surface area contributed by atoms with Crippen LogP contribution in [0.4, 0.5) is 22.0 Å². The first kappa shape index (κ1) is 30.7. The summed E-state index contributed by atoms with van der Waals surface area (Å²) >= 11 is 0. The second kappa shape index (κ2) is 16.4. The van der Waals surface area contributed by atoms with E-state index in [0.717, 1.165) is 25.7 Å². The molecule has 0 fully saturated rings. The summed E-state index contributed by atoms with van der Waals surface area (Å²) in [6, 6.07) is 0. The molecule has 1 unspecified atom stereocenters. The standard InChI is InChI=1S/C25H39F5O4/c1-6-7-8-9-10-11-12-13-18(34-25(32-16(2)3)33-17(4)5)14-31-15-19-20(26)22(28)24(30)23(29)21(19)27/h16-18,25H,6-15H2,1-5H3. The van der Waals surface area contributed by atoms with E-state index in [1.165, 1.54) is 19.3 Å². The highest BCUT2D eigenvalue weighted by molar-refractivity contribution is 5.23. The molecule has 0 spiro atoms. The minimum Gasteiger partial charge on any atom is -0.374 e. The lowest BCUT2D eigenvalue weighted by atomic mass is 10.1. The van der Waals surface area contributed by atoms with Crippen LogP contribution in [0.25, 0.3) is 0 Å².